The molecule has 0 aromatic carbocycles. The zero-order valence-corrected chi connectivity index (χ0v) is 16.8. The minimum atomic E-state index is -0.881. The third-order valence-corrected chi connectivity index (χ3v) is 7.87. The molecule has 5 heteroatoms. The van der Waals surface area contributed by atoms with Crippen molar-refractivity contribution < 1.29 is 23.9 Å². The van der Waals surface area contributed by atoms with Gasteiger partial charge in [0.1, 0.15) is 18.4 Å². The normalized spacial score (nSPS) is 39.5. The number of Topliss-reactive ketones (excluding diaryl/α,β-unsaturated/α-hetero) is 1. The number of allylic oxidation sites excluding steroid dienone is 1. The lowest BCUT2D eigenvalue weighted by Crippen LogP contribution is -2.59. The number of aldehydes is 2. The van der Waals surface area contributed by atoms with Gasteiger partial charge in [0.2, 0.25) is 0 Å². The average molecular weight is 376 g/mol. The lowest BCUT2D eigenvalue weighted by atomic mass is 9.49. The molecule has 0 aromatic heterocycles. The van der Waals surface area contributed by atoms with E-state index in [1.54, 1.807) is 13.0 Å². The van der Waals surface area contributed by atoms with Gasteiger partial charge in [0, 0.05) is 36.0 Å². The molecule has 1 unspecified atom stereocenters. The number of hydrogen-bond donors (Lipinski definition) is 0. The third-order valence-electron chi connectivity index (χ3n) is 7.87. The quantitative estimate of drug-likeness (QED) is 0.502. The maximum atomic E-state index is 13.7. The van der Waals surface area contributed by atoms with Crippen molar-refractivity contribution in [2.24, 2.45) is 28.1 Å². The fraction of sp³-hybridized carbons (Fsp3) is 0.773. The first-order chi connectivity index (χ1) is 12.7. The fourth-order valence-electron chi connectivity index (χ4n) is 6.03. The van der Waals surface area contributed by atoms with Crippen LogP contribution in [0.1, 0.15) is 59.3 Å². The second kappa shape index (κ2) is 6.93. The molecule has 0 bridgehead atoms. The highest BCUT2D eigenvalue weighted by Crippen LogP contribution is 2.68. The maximum absolute atomic E-state index is 13.7. The van der Waals surface area contributed by atoms with Crippen LogP contribution in [0.2, 0.25) is 0 Å². The molecule has 150 valence electrons. The molecule has 1 aliphatic heterocycles. The van der Waals surface area contributed by atoms with Gasteiger partial charge in [-0.25, -0.2) is 0 Å². The Kier molecular flexibility index (Phi) is 5.23. The van der Waals surface area contributed by atoms with Crippen LogP contribution in [0.5, 0.6) is 0 Å². The standard InChI is InChI=1S/C22H32O5/c1-5-19(3,15-24)14-17(25)20(4)16(2)6-7-21(10-11-23)8-9-22(18(20)21)26-12-13-27-22/h5,11,15-16,18H,1,6-10,12-14H2,2-4H3/t16-,18?,19+,20+,21+/m1/s1. The Labute approximate surface area is 161 Å². The van der Waals surface area contributed by atoms with E-state index in [2.05, 4.69) is 13.5 Å². The van der Waals surface area contributed by atoms with Crippen molar-refractivity contribution in [2.75, 3.05) is 13.2 Å². The molecule has 5 atom stereocenters. The van der Waals surface area contributed by atoms with Gasteiger partial charge < -0.3 is 19.1 Å². The molecule has 2 saturated carbocycles. The van der Waals surface area contributed by atoms with Crippen LogP contribution in [0.3, 0.4) is 0 Å². The largest absolute Gasteiger partial charge is 0.347 e. The topological polar surface area (TPSA) is 69.7 Å². The average Bonchev–Trinajstić information content (AvgIpc) is 3.25. The van der Waals surface area contributed by atoms with E-state index in [9.17, 15) is 14.4 Å². The van der Waals surface area contributed by atoms with Crippen LogP contribution in [0.25, 0.3) is 0 Å². The molecular weight excluding hydrogens is 344 g/mol. The summed E-state index contributed by atoms with van der Waals surface area (Å²) in [6.07, 6.45) is 7.22. The highest BCUT2D eigenvalue weighted by atomic mass is 16.7. The maximum Gasteiger partial charge on any atom is 0.172 e. The van der Waals surface area contributed by atoms with E-state index in [0.717, 1.165) is 31.8 Å². The monoisotopic (exact) mass is 376 g/mol. The van der Waals surface area contributed by atoms with Gasteiger partial charge in [0.25, 0.3) is 0 Å². The van der Waals surface area contributed by atoms with Crippen LogP contribution in [0, 0.1) is 28.1 Å². The Morgan fingerprint density at radius 1 is 1.22 bits per heavy atom. The summed E-state index contributed by atoms with van der Waals surface area (Å²) >= 11 is 0. The molecule has 1 spiro atoms. The van der Waals surface area contributed by atoms with Crippen molar-refractivity contribution in [3.05, 3.63) is 12.7 Å². The van der Waals surface area contributed by atoms with Crippen molar-refractivity contribution in [3.8, 4) is 0 Å². The molecule has 0 amide bonds. The van der Waals surface area contributed by atoms with Crippen LogP contribution < -0.4 is 0 Å². The summed E-state index contributed by atoms with van der Waals surface area (Å²) in [7, 11) is 0. The number of fused-ring (bicyclic) bond motifs is 2. The molecule has 0 aromatic rings. The highest BCUT2D eigenvalue weighted by molar-refractivity contribution is 5.89. The first-order valence-electron chi connectivity index (χ1n) is 10.1. The SMILES string of the molecule is C=C[C@](C)(C=O)CC(=O)[C@@]1(C)C2C3(CC[C@]2(CC=O)CC[C@H]1C)OCCO3. The van der Waals surface area contributed by atoms with Gasteiger partial charge in [0.15, 0.2) is 5.79 Å². The Balaban J connectivity index is 2.07. The van der Waals surface area contributed by atoms with E-state index < -0.39 is 16.6 Å². The number of hydrogen-bond acceptors (Lipinski definition) is 5. The number of ether oxygens (including phenoxy) is 2. The predicted octanol–water partition coefficient (Wildman–Crippen LogP) is 3.50. The van der Waals surface area contributed by atoms with Gasteiger partial charge in [-0.1, -0.05) is 19.9 Å². The second-order valence-corrected chi connectivity index (χ2v) is 9.33. The predicted molar refractivity (Wildman–Crippen MR) is 101 cm³/mol. The summed E-state index contributed by atoms with van der Waals surface area (Å²) < 4.78 is 12.3. The van der Waals surface area contributed by atoms with E-state index in [-0.39, 0.29) is 29.5 Å². The summed E-state index contributed by atoms with van der Waals surface area (Å²) in [6.45, 7) is 10.6. The van der Waals surface area contributed by atoms with Crippen LogP contribution >= 0.6 is 0 Å². The van der Waals surface area contributed by atoms with E-state index in [4.69, 9.17) is 9.47 Å². The summed E-state index contributed by atoms with van der Waals surface area (Å²) in [5.41, 5.74) is -1.86. The zero-order chi connectivity index (χ0) is 19.9. The molecule has 0 radical (unpaired) electrons. The van der Waals surface area contributed by atoms with Crippen molar-refractivity contribution in [3.63, 3.8) is 0 Å². The summed E-state index contributed by atoms with van der Waals surface area (Å²) in [5, 5.41) is 0. The third kappa shape index (κ3) is 2.94. The number of rotatable bonds is 7. The van der Waals surface area contributed by atoms with E-state index in [1.165, 1.54) is 0 Å². The lowest BCUT2D eigenvalue weighted by molar-refractivity contribution is -0.238. The van der Waals surface area contributed by atoms with Crippen molar-refractivity contribution >= 4 is 18.4 Å². The van der Waals surface area contributed by atoms with Gasteiger partial charge in [-0.15, -0.1) is 6.58 Å². The van der Waals surface area contributed by atoms with E-state index >= 15 is 0 Å². The fourth-order valence-corrected chi connectivity index (χ4v) is 6.03. The number of carbonyl (C=O) groups excluding carboxylic acids is 3. The summed E-state index contributed by atoms with van der Waals surface area (Å²) in [5.74, 6) is -0.793. The van der Waals surface area contributed by atoms with Crippen molar-refractivity contribution in [1.29, 1.82) is 0 Å². The molecule has 27 heavy (non-hydrogen) atoms. The minimum Gasteiger partial charge on any atom is -0.347 e. The summed E-state index contributed by atoms with van der Waals surface area (Å²) in [6, 6.07) is 0. The first kappa shape index (κ1) is 20.4. The van der Waals surface area contributed by atoms with Crippen molar-refractivity contribution in [2.45, 2.75) is 65.1 Å². The molecule has 0 N–H and O–H groups in total. The Morgan fingerprint density at radius 2 is 1.89 bits per heavy atom. The smallest absolute Gasteiger partial charge is 0.172 e. The zero-order valence-electron chi connectivity index (χ0n) is 16.8. The van der Waals surface area contributed by atoms with Gasteiger partial charge in [-0.05, 0) is 37.5 Å². The molecule has 2 aliphatic carbocycles. The van der Waals surface area contributed by atoms with Crippen LogP contribution in [-0.2, 0) is 23.9 Å². The van der Waals surface area contributed by atoms with Gasteiger partial charge in [-0.3, -0.25) is 4.79 Å². The number of ketones is 1. The van der Waals surface area contributed by atoms with Crippen LogP contribution in [-0.4, -0.2) is 37.4 Å². The minimum absolute atomic E-state index is 0.0462. The van der Waals surface area contributed by atoms with Crippen LogP contribution in [0.4, 0.5) is 0 Å². The number of carbonyl (C=O) groups is 3. The second-order valence-electron chi connectivity index (χ2n) is 9.33. The van der Waals surface area contributed by atoms with E-state index in [1.807, 2.05) is 6.92 Å². The molecule has 3 aliphatic rings. The summed E-state index contributed by atoms with van der Waals surface area (Å²) in [4.78, 5) is 36.8. The van der Waals surface area contributed by atoms with Gasteiger partial charge >= 0.3 is 0 Å². The molecule has 3 fully saturated rings. The molecule has 5 nitrogen and oxygen atoms in total. The highest BCUT2D eigenvalue weighted by Gasteiger charge is 2.70. The lowest BCUT2D eigenvalue weighted by Gasteiger charge is -2.56. The Bertz CT molecular complexity index is 627. The van der Waals surface area contributed by atoms with Gasteiger partial charge in [-0.2, -0.15) is 0 Å². The van der Waals surface area contributed by atoms with Crippen molar-refractivity contribution in [1.82, 2.24) is 0 Å². The molecule has 1 heterocycles. The first-order valence-corrected chi connectivity index (χ1v) is 10.1. The molecular formula is C22H32O5. The molecule has 3 rings (SSSR count). The Hall–Kier alpha value is -1.33. The van der Waals surface area contributed by atoms with Gasteiger partial charge in [0.05, 0.1) is 13.2 Å². The molecule has 1 saturated heterocycles. The van der Waals surface area contributed by atoms with Crippen LogP contribution in [0.15, 0.2) is 12.7 Å². The van der Waals surface area contributed by atoms with E-state index in [0.29, 0.717) is 26.1 Å². The Morgan fingerprint density at radius 3 is 2.44 bits per heavy atom.